The van der Waals surface area contributed by atoms with Crippen LogP contribution in [0.15, 0.2) is 78.9 Å². The molecule has 1 fully saturated rings. The molecule has 48 heavy (non-hydrogen) atoms. The predicted octanol–water partition coefficient (Wildman–Crippen LogP) is 3.97. The van der Waals surface area contributed by atoms with Crippen molar-refractivity contribution in [2.75, 3.05) is 32.8 Å². The number of aliphatic carboxylic acids is 1. The third-order valence-corrected chi connectivity index (χ3v) is 8.47. The second kappa shape index (κ2) is 17.5. The zero-order chi connectivity index (χ0) is 34.6. The van der Waals surface area contributed by atoms with Crippen LogP contribution >= 0.6 is 22.6 Å². The van der Waals surface area contributed by atoms with Gasteiger partial charge in [0, 0.05) is 38.2 Å². The van der Waals surface area contributed by atoms with Crippen LogP contribution in [0.25, 0.3) is 0 Å². The fourth-order valence-electron chi connectivity index (χ4n) is 5.07. The maximum atomic E-state index is 13.2. The molecule has 1 aliphatic rings. The molecule has 3 aromatic carbocycles. The molecular formula is C35H39IN4O8. The van der Waals surface area contributed by atoms with E-state index >= 15 is 0 Å². The summed E-state index contributed by atoms with van der Waals surface area (Å²) in [6.45, 7) is 4.90. The van der Waals surface area contributed by atoms with Gasteiger partial charge in [-0.2, -0.15) is 0 Å². The molecule has 4 rings (SSSR count). The first-order valence-electron chi connectivity index (χ1n) is 15.6. The van der Waals surface area contributed by atoms with E-state index in [1.165, 1.54) is 4.90 Å². The van der Waals surface area contributed by atoms with Gasteiger partial charge in [-0.1, -0.05) is 56.3 Å². The average Bonchev–Trinajstić information content (AvgIpc) is 3.08. The molecule has 13 heteroatoms. The molecule has 3 aromatic rings. The number of nitrogens with zero attached hydrogens (tertiary/aromatic N) is 2. The fraction of sp³-hybridized carbons (Fsp3) is 0.343. The van der Waals surface area contributed by atoms with Crippen LogP contribution in [-0.2, 0) is 20.8 Å². The number of piperazine rings is 1. The molecule has 3 N–H and O–H groups in total. The summed E-state index contributed by atoms with van der Waals surface area (Å²) in [6.07, 6.45) is -0.289. The summed E-state index contributed by atoms with van der Waals surface area (Å²) in [5, 5.41) is 15.1. The first-order valence-corrected chi connectivity index (χ1v) is 16.7. The van der Waals surface area contributed by atoms with Crippen molar-refractivity contribution in [1.82, 2.24) is 20.4 Å². The number of ether oxygens (including phenoxy) is 2. The Balaban J connectivity index is 1.28. The number of hydrogen-bond acceptors (Lipinski definition) is 7. The lowest BCUT2D eigenvalue weighted by Crippen LogP contribution is -2.53. The zero-order valence-corrected chi connectivity index (χ0v) is 28.9. The average molecular weight is 771 g/mol. The molecule has 254 valence electrons. The maximum Gasteiger partial charge on any atom is 0.415 e. The third kappa shape index (κ3) is 10.7. The highest BCUT2D eigenvalue weighted by Crippen LogP contribution is 2.20. The van der Waals surface area contributed by atoms with Gasteiger partial charge in [0.05, 0.1) is 3.57 Å². The quantitative estimate of drug-likeness (QED) is 0.221. The molecule has 0 radical (unpaired) electrons. The Morgan fingerprint density at radius 2 is 1.44 bits per heavy atom. The van der Waals surface area contributed by atoms with Crippen molar-refractivity contribution in [2.24, 2.45) is 5.92 Å². The maximum absolute atomic E-state index is 13.2. The number of rotatable bonds is 13. The van der Waals surface area contributed by atoms with Gasteiger partial charge in [0.25, 0.3) is 11.8 Å². The normalized spacial score (nSPS) is 14.1. The number of benzene rings is 3. The Kier molecular flexibility index (Phi) is 13.2. The van der Waals surface area contributed by atoms with Crippen molar-refractivity contribution in [1.29, 1.82) is 0 Å². The van der Waals surface area contributed by atoms with Crippen LogP contribution in [0.1, 0.15) is 36.2 Å². The first-order chi connectivity index (χ1) is 23.0. The SMILES string of the molecule is CC(C)C[C@H](NC(=O)COc1ccccc1I)C(=O)N[C@@H](Cc1ccc(OC(=O)N2CCN(C(=O)c3ccccc3)CC2)cc1)C(=O)O. The molecule has 2 atom stereocenters. The van der Waals surface area contributed by atoms with Crippen LogP contribution in [0, 0.1) is 9.49 Å². The minimum atomic E-state index is -1.27. The summed E-state index contributed by atoms with van der Waals surface area (Å²) >= 11 is 2.10. The molecular weight excluding hydrogens is 731 g/mol. The van der Waals surface area contributed by atoms with Crippen molar-refractivity contribution in [2.45, 2.75) is 38.8 Å². The number of amides is 4. The van der Waals surface area contributed by atoms with E-state index in [0.29, 0.717) is 49.5 Å². The van der Waals surface area contributed by atoms with E-state index < -0.39 is 36.0 Å². The number of para-hydroxylation sites is 1. The highest BCUT2D eigenvalue weighted by molar-refractivity contribution is 14.1. The molecule has 0 aliphatic carbocycles. The van der Waals surface area contributed by atoms with Gasteiger partial charge in [-0.05, 0) is 76.9 Å². The smallest absolute Gasteiger partial charge is 0.415 e. The highest BCUT2D eigenvalue weighted by Gasteiger charge is 2.28. The molecule has 12 nitrogen and oxygen atoms in total. The molecule has 1 aliphatic heterocycles. The second-order valence-corrected chi connectivity index (χ2v) is 12.9. The van der Waals surface area contributed by atoms with Gasteiger partial charge in [-0.25, -0.2) is 9.59 Å². The first kappa shape index (κ1) is 36.2. The van der Waals surface area contributed by atoms with E-state index in [0.717, 1.165) is 3.57 Å². The number of nitrogens with one attached hydrogen (secondary N) is 2. The number of carboxylic acid groups (broad SMARTS) is 1. The zero-order valence-electron chi connectivity index (χ0n) is 26.8. The van der Waals surface area contributed by atoms with Gasteiger partial charge in [-0.15, -0.1) is 0 Å². The number of hydrogen-bond donors (Lipinski definition) is 3. The van der Waals surface area contributed by atoms with Crippen molar-refractivity contribution >= 4 is 52.4 Å². The summed E-state index contributed by atoms with van der Waals surface area (Å²) in [7, 11) is 0. The van der Waals surface area contributed by atoms with E-state index in [2.05, 4.69) is 33.2 Å². The molecule has 0 saturated carbocycles. The molecule has 0 unspecified atom stereocenters. The Bertz CT molecular complexity index is 1580. The predicted molar refractivity (Wildman–Crippen MR) is 186 cm³/mol. The highest BCUT2D eigenvalue weighted by atomic mass is 127. The van der Waals surface area contributed by atoms with Crippen LogP contribution in [-0.4, -0.2) is 89.6 Å². The van der Waals surface area contributed by atoms with Crippen LogP contribution in [0.3, 0.4) is 0 Å². The van der Waals surface area contributed by atoms with Gasteiger partial charge >= 0.3 is 12.1 Å². The molecule has 1 saturated heterocycles. The molecule has 0 bridgehead atoms. The van der Waals surface area contributed by atoms with Crippen LogP contribution < -0.4 is 20.1 Å². The molecule has 1 heterocycles. The Morgan fingerprint density at radius 1 is 0.812 bits per heavy atom. The summed E-state index contributed by atoms with van der Waals surface area (Å²) in [4.78, 5) is 66.6. The molecule has 0 aromatic heterocycles. The van der Waals surface area contributed by atoms with E-state index in [1.54, 1.807) is 65.6 Å². The lowest BCUT2D eigenvalue weighted by molar-refractivity contribution is -0.142. The summed E-state index contributed by atoms with van der Waals surface area (Å²) < 4.78 is 11.9. The molecule has 4 amide bonds. The Labute approximate surface area is 292 Å². The number of carbonyl (C=O) groups is 5. The van der Waals surface area contributed by atoms with Gasteiger partial charge in [-0.3, -0.25) is 14.4 Å². The van der Waals surface area contributed by atoms with Crippen LogP contribution in [0.2, 0.25) is 0 Å². The summed E-state index contributed by atoms with van der Waals surface area (Å²) in [5.41, 5.74) is 1.19. The van der Waals surface area contributed by atoms with Crippen molar-refractivity contribution in [3.8, 4) is 11.5 Å². The lowest BCUT2D eigenvalue weighted by atomic mass is 10.0. The van der Waals surface area contributed by atoms with E-state index in [-0.39, 0.29) is 30.6 Å². The van der Waals surface area contributed by atoms with Crippen molar-refractivity contribution in [3.63, 3.8) is 0 Å². The van der Waals surface area contributed by atoms with Gasteiger partial charge < -0.3 is 35.0 Å². The summed E-state index contributed by atoms with van der Waals surface area (Å²) in [5.74, 6) is -1.59. The minimum Gasteiger partial charge on any atom is -0.483 e. The second-order valence-electron chi connectivity index (χ2n) is 11.7. The largest absolute Gasteiger partial charge is 0.483 e. The Hall–Kier alpha value is -4.66. The van der Waals surface area contributed by atoms with Crippen LogP contribution in [0.5, 0.6) is 11.5 Å². The minimum absolute atomic E-state index is 0.0371. The van der Waals surface area contributed by atoms with Crippen molar-refractivity contribution < 1.29 is 38.6 Å². The van der Waals surface area contributed by atoms with E-state index in [4.69, 9.17) is 9.47 Å². The third-order valence-electron chi connectivity index (χ3n) is 7.58. The van der Waals surface area contributed by atoms with E-state index in [1.807, 2.05) is 32.0 Å². The lowest BCUT2D eigenvalue weighted by Gasteiger charge is -2.34. The standard InChI is InChI=1S/C35H39IN4O8/c1-23(2)20-28(37-31(41)22-47-30-11-7-6-10-27(30)36)32(42)38-29(34(44)45)21-24-12-14-26(15-13-24)48-35(46)40-18-16-39(17-19-40)33(43)25-8-4-3-5-9-25/h3-15,23,28-29H,16-22H2,1-2H3,(H,37,41)(H,38,42)(H,44,45)/t28-,29-/m0/s1. The monoisotopic (exact) mass is 770 g/mol. The van der Waals surface area contributed by atoms with E-state index in [9.17, 15) is 29.1 Å². The topological polar surface area (TPSA) is 155 Å². The number of halogens is 1. The Morgan fingerprint density at radius 3 is 2.06 bits per heavy atom. The number of carbonyl (C=O) groups excluding carboxylic acids is 4. The van der Waals surface area contributed by atoms with Gasteiger partial charge in [0.1, 0.15) is 23.6 Å². The van der Waals surface area contributed by atoms with Crippen molar-refractivity contribution in [3.05, 3.63) is 93.6 Å². The summed E-state index contributed by atoms with van der Waals surface area (Å²) in [6, 6.07) is 20.3. The van der Waals surface area contributed by atoms with Crippen LogP contribution in [0.4, 0.5) is 4.79 Å². The number of carboxylic acids is 1. The van der Waals surface area contributed by atoms with Gasteiger partial charge in [0.15, 0.2) is 6.61 Å². The van der Waals surface area contributed by atoms with Gasteiger partial charge in [0.2, 0.25) is 5.91 Å². The fourth-order valence-corrected chi connectivity index (χ4v) is 5.61. The molecule has 0 spiro atoms.